The van der Waals surface area contributed by atoms with E-state index in [0.29, 0.717) is 6.07 Å². The van der Waals surface area contributed by atoms with E-state index >= 15 is 0 Å². The summed E-state index contributed by atoms with van der Waals surface area (Å²) in [4.78, 5) is 24.8. The molecule has 0 unspecified atom stereocenters. The summed E-state index contributed by atoms with van der Waals surface area (Å²) in [6.45, 7) is -0.805. The topological polar surface area (TPSA) is 74.3 Å². The lowest BCUT2D eigenvalue weighted by Crippen LogP contribution is -2.39. The Kier molecular flexibility index (Phi) is 5.70. The molecule has 0 bridgehead atoms. The Morgan fingerprint density at radius 1 is 1.15 bits per heavy atom. The predicted molar refractivity (Wildman–Crippen MR) is 77.4 cm³/mol. The van der Waals surface area contributed by atoms with Gasteiger partial charge in [-0.25, -0.2) is 14.0 Å². The highest BCUT2D eigenvalue weighted by molar-refractivity contribution is 6.03. The van der Waals surface area contributed by atoms with Gasteiger partial charge in [-0.05, 0) is 12.1 Å². The molecule has 0 atom stereocenters. The van der Waals surface area contributed by atoms with Gasteiger partial charge in [0.2, 0.25) is 0 Å². The van der Waals surface area contributed by atoms with Crippen LogP contribution >= 0.6 is 0 Å². The molecule has 7 nitrogen and oxygen atoms in total. The lowest BCUT2D eigenvalue weighted by Gasteiger charge is -2.32. The first kappa shape index (κ1) is 19.5. The first-order chi connectivity index (χ1) is 12.2. The second-order valence-corrected chi connectivity index (χ2v) is 4.88. The number of hydrogen-bond acceptors (Lipinski definition) is 7. The number of carbonyl (C=O) groups is 2. The summed E-state index contributed by atoms with van der Waals surface area (Å²) in [5, 5.41) is 0. The minimum atomic E-state index is -5.07. The first-order valence-corrected chi connectivity index (χ1v) is 6.98. The standard InChI is InChI=1S/C15H13F4NO6/c1-23-13(21)9-6-25-7-20(12(9)14(22)24-2)10-5-8(16)3-4-11(10)26-15(17,18)19/h3-5H,6-7H2,1-2H3. The number of benzene rings is 1. The normalized spacial score (nSPS) is 14.9. The van der Waals surface area contributed by atoms with Gasteiger partial charge in [0.05, 0.1) is 32.1 Å². The van der Waals surface area contributed by atoms with E-state index in [1.165, 1.54) is 0 Å². The largest absolute Gasteiger partial charge is 0.573 e. The van der Waals surface area contributed by atoms with Crippen molar-refractivity contribution in [3.8, 4) is 5.75 Å². The third-order valence-corrected chi connectivity index (χ3v) is 3.27. The fourth-order valence-electron chi connectivity index (χ4n) is 2.25. The fourth-order valence-corrected chi connectivity index (χ4v) is 2.25. The molecular weight excluding hydrogens is 366 g/mol. The highest BCUT2D eigenvalue weighted by Crippen LogP contribution is 2.37. The molecule has 0 aromatic heterocycles. The van der Waals surface area contributed by atoms with Crippen LogP contribution in [-0.2, 0) is 23.8 Å². The highest BCUT2D eigenvalue weighted by atomic mass is 19.4. The van der Waals surface area contributed by atoms with Crippen LogP contribution in [0.1, 0.15) is 0 Å². The van der Waals surface area contributed by atoms with Gasteiger partial charge >= 0.3 is 18.3 Å². The van der Waals surface area contributed by atoms with Gasteiger partial charge < -0.3 is 23.8 Å². The molecule has 0 N–H and O–H groups in total. The Bertz CT molecular complexity index is 746. The molecule has 0 radical (unpaired) electrons. The van der Waals surface area contributed by atoms with Crippen LogP contribution in [0.3, 0.4) is 0 Å². The molecule has 1 aromatic carbocycles. The van der Waals surface area contributed by atoms with Crippen molar-refractivity contribution >= 4 is 17.6 Å². The first-order valence-electron chi connectivity index (χ1n) is 6.98. The molecule has 2 rings (SSSR count). The van der Waals surface area contributed by atoms with Crippen LogP contribution in [0.15, 0.2) is 29.5 Å². The molecule has 1 aliphatic rings. The minimum absolute atomic E-state index is 0.298. The van der Waals surface area contributed by atoms with Gasteiger partial charge in [-0.1, -0.05) is 0 Å². The Hall–Kier alpha value is -2.82. The van der Waals surface area contributed by atoms with Crippen LogP contribution in [0.25, 0.3) is 0 Å². The van der Waals surface area contributed by atoms with E-state index in [4.69, 9.17) is 4.74 Å². The molecule has 0 spiro atoms. The number of esters is 2. The van der Waals surface area contributed by atoms with Gasteiger partial charge in [0.1, 0.15) is 18.2 Å². The van der Waals surface area contributed by atoms with Crippen LogP contribution in [0.5, 0.6) is 5.75 Å². The average molecular weight is 379 g/mol. The Morgan fingerprint density at radius 2 is 1.81 bits per heavy atom. The van der Waals surface area contributed by atoms with E-state index in [0.717, 1.165) is 31.3 Å². The summed E-state index contributed by atoms with van der Waals surface area (Å²) in [6, 6.07) is 2.19. The predicted octanol–water partition coefficient (Wildman–Crippen LogP) is 2.12. The second kappa shape index (κ2) is 7.60. The number of alkyl halides is 3. The van der Waals surface area contributed by atoms with Crippen LogP contribution in [-0.4, -0.2) is 45.9 Å². The van der Waals surface area contributed by atoms with Gasteiger partial charge in [-0.3, -0.25) is 0 Å². The molecule has 0 saturated carbocycles. The van der Waals surface area contributed by atoms with Crippen LogP contribution in [0.4, 0.5) is 23.2 Å². The maximum atomic E-state index is 13.6. The summed E-state index contributed by atoms with van der Waals surface area (Å²) in [5.41, 5.74) is -1.22. The molecule has 26 heavy (non-hydrogen) atoms. The summed E-state index contributed by atoms with van der Waals surface area (Å²) >= 11 is 0. The van der Waals surface area contributed by atoms with Crippen LogP contribution in [0, 0.1) is 5.82 Å². The van der Waals surface area contributed by atoms with Gasteiger partial charge in [0.25, 0.3) is 0 Å². The van der Waals surface area contributed by atoms with Gasteiger partial charge in [-0.2, -0.15) is 0 Å². The van der Waals surface area contributed by atoms with Crippen molar-refractivity contribution in [3.63, 3.8) is 0 Å². The van der Waals surface area contributed by atoms with Gasteiger partial charge in [-0.15, -0.1) is 13.2 Å². The zero-order chi connectivity index (χ0) is 19.5. The van der Waals surface area contributed by atoms with Crippen LogP contribution in [0.2, 0.25) is 0 Å². The second-order valence-electron chi connectivity index (χ2n) is 4.88. The van der Waals surface area contributed by atoms with E-state index in [-0.39, 0.29) is 12.2 Å². The lowest BCUT2D eigenvalue weighted by molar-refractivity contribution is -0.274. The third kappa shape index (κ3) is 4.23. The summed E-state index contributed by atoms with van der Waals surface area (Å²) in [7, 11) is 2.06. The van der Waals surface area contributed by atoms with Gasteiger partial charge in [0.15, 0.2) is 5.75 Å². The number of carbonyl (C=O) groups excluding carboxylic acids is 2. The summed E-state index contributed by atoms with van der Waals surface area (Å²) < 4.78 is 69.6. The van der Waals surface area contributed by atoms with Crippen molar-refractivity contribution in [1.29, 1.82) is 0 Å². The maximum absolute atomic E-state index is 13.6. The third-order valence-electron chi connectivity index (χ3n) is 3.27. The zero-order valence-electron chi connectivity index (χ0n) is 13.6. The average Bonchev–Trinajstić information content (AvgIpc) is 2.60. The van der Waals surface area contributed by atoms with Crippen molar-refractivity contribution in [2.75, 3.05) is 32.5 Å². The van der Waals surface area contributed by atoms with E-state index in [1.54, 1.807) is 0 Å². The van der Waals surface area contributed by atoms with Crippen molar-refractivity contribution in [2.24, 2.45) is 0 Å². The smallest absolute Gasteiger partial charge is 0.466 e. The Balaban J connectivity index is 2.63. The van der Waals surface area contributed by atoms with Crippen LogP contribution < -0.4 is 9.64 Å². The number of hydrogen-bond donors (Lipinski definition) is 0. The van der Waals surface area contributed by atoms with Crippen molar-refractivity contribution < 1.29 is 46.1 Å². The SMILES string of the molecule is COC(=O)C1=C(C(=O)OC)N(c2cc(F)ccc2OC(F)(F)F)COC1. The number of anilines is 1. The van der Waals surface area contributed by atoms with Crippen molar-refractivity contribution in [2.45, 2.75) is 6.36 Å². The maximum Gasteiger partial charge on any atom is 0.573 e. The minimum Gasteiger partial charge on any atom is -0.466 e. The lowest BCUT2D eigenvalue weighted by atomic mass is 10.1. The molecule has 0 aliphatic carbocycles. The highest BCUT2D eigenvalue weighted by Gasteiger charge is 2.37. The van der Waals surface area contributed by atoms with Gasteiger partial charge in [0, 0.05) is 6.07 Å². The molecule has 1 aromatic rings. The Labute approximate surface area is 144 Å². The van der Waals surface area contributed by atoms with Crippen molar-refractivity contribution in [1.82, 2.24) is 0 Å². The van der Waals surface area contributed by atoms with E-state index in [2.05, 4.69) is 14.2 Å². The number of methoxy groups -OCH3 is 2. The molecule has 142 valence electrons. The Morgan fingerprint density at radius 3 is 2.38 bits per heavy atom. The van der Waals surface area contributed by atoms with E-state index in [1.807, 2.05) is 0 Å². The number of halogens is 4. The molecule has 11 heteroatoms. The molecule has 0 amide bonds. The summed E-state index contributed by atoms with van der Waals surface area (Å²) in [6.07, 6.45) is -5.07. The molecule has 1 aliphatic heterocycles. The monoisotopic (exact) mass is 379 g/mol. The quantitative estimate of drug-likeness (QED) is 0.586. The van der Waals surface area contributed by atoms with E-state index in [9.17, 15) is 27.2 Å². The zero-order valence-corrected chi connectivity index (χ0v) is 13.6. The number of nitrogens with zero attached hydrogens (tertiary/aromatic N) is 1. The summed E-state index contributed by atoms with van der Waals surface area (Å²) in [5.74, 6) is -3.69. The molecule has 0 saturated heterocycles. The fraction of sp³-hybridized carbons (Fsp3) is 0.333. The molecule has 0 fully saturated rings. The number of rotatable bonds is 4. The molecule has 1 heterocycles. The number of ether oxygens (including phenoxy) is 4. The van der Waals surface area contributed by atoms with Crippen molar-refractivity contribution in [3.05, 3.63) is 35.3 Å². The van der Waals surface area contributed by atoms with E-state index < -0.39 is 48.0 Å². The molecular formula is C15H13F4NO6.